The summed E-state index contributed by atoms with van der Waals surface area (Å²) in [7, 11) is 1.64. The van der Waals surface area contributed by atoms with E-state index in [1.54, 1.807) is 7.11 Å². The molecular weight excluding hydrogens is 712 g/mol. The molecule has 0 radical (unpaired) electrons. The molecule has 4 aromatic carbocycles. The SMILES string of the molecule is CCOC(=O)c1cc(C2(c3ccc(C)c(CC)c3)c3cc(Br)ccc3-c3ccc(Br)cc32)ccc1OCCOCCOCCOC. The number of carbonyl (C=O) groups is 1. The van der Waals surface area contributed by atoms with Gasteiger partial charge in [0.05, 0.1) is 45.1 Å². The number of hydrogen-bond donors (Lipinski definition) is 0. The number of fused-ring (bicyclic) bond motifs is 3. The van der Waals surface area contributed by atoms with E-state index in [1.165, 1.54) is 11.1 Å². The van der Waals surface area contributed by atoms with Gasteiger partial charge in [0.25, 0.3) is 0 Å². The molecule has 1 aliphatic rings. The Morgan fingerprint density at radius 1 is 0.717 bits per heavy atom. The molecule has 4 aromatic rings. The van der Waals surface area contributed by atoms with Gasteiger partial charge in [-0.1, -0.05) is 75.2 Å². The number of ether oxygens (including phenoxy) is 5. The third-order valence-electron chi connectivity index (χ3n) is 8.42. The zero-order chi connectivity index (χ0) is 32.7. The van der Waals surface area contributed by atoms with Gasteiger partial charge in [-0.05, 0) is 101 Å². The topological polar surface area (TPSA) is 63.2 Å². The number of rotatable bonds is 15. The Hall–Kier alpha value is -3.01. The summed E-state index contributed by atoms with van der Waals surface area (Å²) < 4.78 is 29.8. The number of benzene rings is 4. The van der Waals surface area contributed by atoms with Crippen LogP contribution in [0.2, 0.25) is 0 Å². The number of carbonyl (C=O) groups excluding carboxylic acids is 1. The fourth-order valence-corrected chi connectivity index (χ4v) is 7.00. The molecule has 1 aliphatic carbocycles. The molecule has 0 N–H and O–H groups in total. The highest BCUT2D eigenvalue weighted by Crippen LogP contribution is 2.57. The van der Waals surface area contributed by atoms with Gasteiger partial charge in [-0.2, -0.15) is 0 Å². The maximum Gasteiger partial charge on any atom is 0.341 e. The predicted molar refractivity (Wildman–Crippen MR) is 188 cm³/mol. The molecule has 0 spiro atoms. The van der Waals surface area contributed by atoms with Gasteiger partial charge in [-0.15, -0.1) is 0 Å². The fourth-order valence-electron chi connectivity index (χ4n) is 6.27. The lowest BCUT2D eigenvalue weighted by molar-refractivity contribution is 0.0178. The number of esters is 1. The zero-order valence-electron chi connectivity index (χ0n) is 26.8. The molecule has 0 saturated carbocycles. The predicted octanol–water partition coefficient (Wildman–Crippen LogP) is 8.68. The van der Waals surface area contributed by atoms with E-state index < -0.39 is 11.4 Å². The summed E-state index contributed by atoms with van der Waals surface area (Å²) in [6, 6.07) is 25.6. The third-order valence-corrected chi connectivity index (χ3v) is 9.41. The maximum atomic E-state index is 13.5. The van der Waals surface area contributed by atoms with E-state index in [2.05, 4.69) is 106 Å². The number of aryl methyl sites for hydroxylation is 2. The van der Waals surface area contributed by atoms with E-state index >= 15 is 0 Å². The normalized spacial score (nSPS) is 12.9. The highest BCUT2D eigenvalue weighted by molar-refractivity contribution is 9.10. The molecule has 0 aliphatic heterocycles. The van der Waals surface area contributed by atoms with Crippen molar-refractivity contribution in [1.29, 1.82) is 0 Å². The first kappa shape index (κ1) is 34.3. The molecule has 0 bridgehead atoms. The maximum absolute atomic E-state index is 13.5. The summed E-state index contributed by atoms with van der Waals surface area (Å²) in [5.41, 5.74) is 8.90. The van der Waals surface area contributed by atoms with Crippen LogP contribution in [0.4, 0.5) is 0 Å². The van der Waals surface area contributed by atoms with Crippen LogP contribution in [-0.2, 0) is 30.8 Å². The summed E-state index contributed by atoms with van der Waals surface area (Å²) in [5.74, 6) is 0.0272. The van der Waals surface area contributed by atoms with E-state index in [-0.39, 0.29) is 13.2 Å². The van der Waals surface area contributed by atoms with Gasteiger partial charge in [0.1, 0.15) is 17.9 Å². The van der Waals surface area contributed by atoms with E-state index in [9.17, 15) is 4.79 Å². The van der Waals surface area contributed by atoms with Crippen LogP contribution >= 0.6 is 31.9 Å². The molecule has 0 amide bonds. The second kappa shape index (κ2) is 15.7. The number of hydrogen-bond acceptors (Lipinski definition) is 6. The van der Waals surface area contributed by atoms with Crippen LogP contribution in [0.15, 0.2) is 81.7 Å². The Bertz CT molecular complexity index is 1630. The van der Waals surface area contributed by atoms with Gasteiger partial charge in [-0.25, -0.2) is 4.79 Å². The highest BCUT2D eigenvalue weighted by atomic mass is 79.9. The molecule has 5 rings (SSSR count). The zero-order valence-corrected chi connectivity index (χ0v) is 30.0. The fraction of sp³-hybridized carbons (Fsp3) is 0.342. The van der Waals surface area contributed by atoms with Crippen molar-refractivity contribution in [3.63, 3.8) is 0 Å². The van der Waals surface area contributed by atoms with Gasteiger partial charge in [0.2, 0.25) is 0 Å². The summed E-state index contributed by atoms with van der Waals surface area (Å²) in [5, 5.41) is 0. The van der Waals surface area contributed by atoms with Gasteiger partial charge in [-0.3, -0.25) is 0 Å². The quantitative estimate of drug-likeness (QED) is 0.0789. The Morgan fingerprint density at radius 2 is 1.30 bits per heavy atom. The van der Waals surface area contributed by atoms with Gasteiger partial charge in [0, 0.05) is 16.1 Å². The van der Waals surface area contributed by atoms with Crippen molar-refractivity contribution in [2.75, 3.05) is 53.4 Å². The third kappa shape index (κ3) is 6.97. The average Bonchev–Trinajstić information content (AvgIpc) is 3.33. The Kier molecular flexibility index (Phi) is 11.7. The molecule has 0 heterocycles. The molecule has 242 valence electrons. The van der Waals surface area contributed by atoms with E-state index in [1.807, 2.05) is 19.1 Å². The van der Waals surface area contributed by atoms with Crippen LogP contribution in [0.3, 0.4) is 0 Å². The minimum absolute atomic E-state index is 0.253. The summed E-state index contributed by atoms with van der Waals surface area (Å²) in [4.78, 5) is 13.5. The number of methoxy groups -OCH3 is 1. The second-order valence-corrected chi connectivity index (χ2v) is 13.0. The van der Waals surface area contributed by atoms with Crippen LogP contribution in [0.25, 0.3) is 11.1 Å². The molecule has 46 heavy (non-hydrogen) atoms. The largest absolute Gasteiger partial charge is 0.490 e. The second-order valence-electron chi connectivity index (χ2n) is 11.1. The summed E-state index contributed by atoms with van der Waals surface area (Å²) in [6.45, 7) is 9.03. The van der Waals surface area contributed by atoms with Crippen molar-refractivity contribution in [3.05, 3.63) is 121 Å². The smallest absolute Gasteiger partial charge is 0.341 e. The summed E-state index contributed by atoms with van der Waals surface area (Å²) in [6.07, 6.45) is 0.911. The Labute approximate surface area is 288 Å². The van der Waals surface area contributed by atoms with Gasteiger partial charge < -0.3 is 23.7 Å². The van der Waals surface area contributed by atoms with Crippen LogP contribution < -0.4 is 4.74 Å². The van der Waals surface area contributed by atoms with Crippen molar-refractivity contribution < 1.29 is 28.5 Å². The highest BCUT2D eigenvalue weighted by Gasteiger charge is 2.47. The van der Waals surface area contributed by atoms with Crippen molar-refractivity contribution >= 4 is 37.8 Å². The van der Waals surface area contributed by atoms with Crippen LogP contribution in [0.5, 0.6) is 5.75 Å². The average molecular weight is 753 g/mol. The van der Waals surface area contributed by atoms with Gasteiger partial charge in [0.15, 0.2) is 0 Å². The first-order valence-corrected chi connectivity index (χ1v) is 17.2. The van der Waals surface area contributed by atoms with Crippen LogP contribution in [0.1, 0.15) is 57.6 Å². The first-order chi connectivity index (χ1) is 22.3. The number of halogens is 2. The lowest BCUT2D eigenvalue weighted by Crippen LogP contribution is -2.29. The van der Waals surface area contributed by atoms with Crippen LogP contribution in [-0.4, -0.2) is 59.3 Å². The standard InChI is InChI=1S/C38H40Br2O6/c1-5-26-21-27(8-7-25(26)3)38(34-23-29(39)10-12-31(34)32-13-11-30(40)24-35(32)38)28-9-14-36(33(22-28)37(41)45-6-2)46-20-19-44-18-17-43-16-15-42-4/h7-14,21-24H,5-6,15-20H2,1-4H3. The molecule has 0 atom stereocenters. The van der Waals surface area contributed by atoms with Crippen molar-refractivity contribution in [1.82, 2.24) is 0 Å². The minimum Gasteiger partial charge on any atom is -0.490 e. The molecule has 0 aromatic heterocycles. The first-order valence-electron chi connectivity index (χ1n) is 15.6. The van der Waals surface area contributed by atoms with E-state index in [4.69, 9.17) is 23.7 Å². The van der Waals surface area contributed by atoms with Crippen molar-refractivity contribution in [3.8, 4) is 16.9 Å². The monoisotopic (exact) mass is 750 g/mol. The van der Waals surface area contributed by atoms with E-state index in [0.29, 0.717) is 44.3 Å². The van der Waals surface area contributed by atoms with Crippen LogP contribution in [0, 0.1) is 6.92 Å². The molecular formula is C38H40Br2O6. The molecule has 0 fully saturated rings. The lowest BCUT2D eigenvalue weighted by Gasteiger charge is -2.35. The Morgan fingerprint density at radius 3 is 1.91 bits per heavy atom. The van der Waals surface area contributed by atoms with Gasteiger partial charge >= 0.3 is 5.97 Å². The molecule has 6 nitrogen and oxygen atoms in total. The lowest BCUT2D eigenvalue weighted by atomic mass is 9.67. The minimum atomic E-state index is -0.707. The molecule has 0 unspecified atom stereocenters. The van der Waals surface area contributed by atoms with Crippen molar-refractivity contribution in [2.24, 2.45) is 0 Å². The summed E-state index contributed by atoms with van der Waals surface area (Å²) >= 11 is 7.53. The Balaban J connectivity index is 1.61. The van der Waals surface area contributed by atoms with Crippen molar-refractivity contribution in [2.45, 2.75) is 32.6 Å². The molecule has 0 saturated heterocycles. The van der Waals surface area contributed by atoms with E-state index in [0.717, 1.165) is 48.7 Å². The molecule has 8 heteroatoms.